The highest BCUT2D eigenvalue weighted by molar-refractivity contribution is 7.10. The molecule has 2 rings (SSSR count). The third-order valence-corrected chi connectivity index (χ3v) is 5.66. The average molecular weight is 353 g/mol. The minimum atomic E-state index is -0.917. The predicted octanol–water partition coefficient (Wildman–Crippen LogP) is 2.24. The van der Waals surface area contributed by atoms with Crippen LogP contribution in [0.4, 0.5) is 0 Å². The number of nitrogens with zero attached hydrogens (tertiary/aromatic N) is 2. The second-order valence-corrected chi connectivity index (χ2v) is 7.84. The first-order valence-electron chi connectivity index (χ1n) is 9.02. The predicted molar refractivity (Wildman–Crippen MR) is 103 cm³/mol. The smallest absolute Gasteiger partial charge is 0.191 e. The van der Waals surface area contributed by atoms with Crippen molar-refractivity contribution in [2.45, 2.75) is 39.2 Å². The molecule has 1 aromatic rings. The van der Waals surface area contributed by atoms with Gasteiger partial charge in [-0.3, -0.25) is 0 Å². The number of hydrogen-bond acceptors (Lipinski definition) is 4. The molecule has 1 aliphatic heterocycles. The zero-order valence-corrected chi connectivity index (χ0v) is 16.0. The van der Waals surface area contributed by atoms with Crippen molar-refractivity contribution in [2.24, 2.45) is 10.9 Å². The lowest BCUT2D eigenvalue weighted by Gasteiger charge is -2.30. The lowest BCUT2D eigenvalue weighted by Crippen LogP contribution is -2.43. The fourth-order valence-corrected chi connectivity index (χ4v) is 3.64. The van der Waals surface area contributed by atoms with Crippen molar-refractivity contribution in [1.29, 1.82) is 0 Å². The molecule has 3 N–H and O–H groups in total. The number of nitrogens with one attached hydrogen (secondary N) is 2. The Labute approximate surface area is 150 Å². The molecule has 0 bridgehead atoms. The lowest BCUT2D eigenvalue weighted by molar-refractivity contribution is 0.0711. The molecular weight excluding hydrogens is 320 g/mol. The third kappa shape index (κ3) is 6.07. The van der Waals surface area contributed by atoms with Crippen LogP contribution in [0.25, 0.3) is 0 Å². The largest absolute Gasteiger partial charge is 0.383 e. The Morgan fingerprint density at radius 1 is 1.42 bits per heavy atom. The molecule has 0 radical (unpaired) electrons. The third-order valence-electron chi connectivity index (χ3n) is 4.54. The topological polar surface area (TPSA) is 59.9 Å². The van der Waals surface area contributed by atoms with E-state index in [4.69, 9.17) is 0 Å². The highest BCUT2D eigenvalue weighted by Crippen LogP contribution is 2.25. The monoisotopic (exact) mass is 352 g/mol. The van der Waals surface area contributed by atoms with Gasteiger partial charge < -0.3 is 20.6 Å². The maximum atomic E-state index is 10.6. The number of aliphatic hydroxyl groups is 1. The molecule has 1 aromatic heterocycles. The van der Waals surface area contributed by atoms with Crippen LogP contribution in [0.1, 0.15) is 38.5 Å². The molecule has 0 spiro atoms. The van der Waals surface area contributed by atoms with Gasteiger partial charge in [-0.2, -0.15) is 0 Å². The van der Waals surface area contributed by atoms with E-state index < -0.39 is 5.60 Å². The summed E-state index contributed by atoms with van der Waals surface area (Å²) in [5.74, 6) is 1.65. The number of likely N-dealkylation sites (tertiary alicyclic amines) is 1. The van der Waals surface area contributed by atoms with Crippen molar-refractivity contribution < 1.29 is 5.11 Å². The maximum absolute atomic E-state index is 10.6. The van der Waals surface area contributed by atoms with E-state index in [-0.39, 0.29) is 0 Å². The number of aliphatic imine (C=N–C) groups is 1. The highest BCUT2D eigenvalue weighted by atomic mass is 32.1. The summed E-state index contributed by atoms with van der Waals surface area (Å²) in [6, 6.07) is 3.92. The number of thiophene rings is 1. The first-order chi connectivity index (χ1) is 11.5. The fourth-order valence-electron chi connectivity index (χ4n) is 2.86. The second kappa shape index (κ2) is 9.39. The standard InChI is InChI=1S/C18H32N4OS/c1-4-19-17(20-9-12-22-10-7-15(2)8-11-22)21-14-18(3,23)16-6-5-13-24-16/h5-6,13,15,23H,4,7-12,14H2,1-3H3,(H2,19,20,21). The minimum Gasteiger partial charge on any atom is -0.383 e. The van der Waals surface area contributed by atoms with Crippen LogP contribution < -0.4 is 10.6 Å². The van der Waals surface area contributed by atoms with Crippen LogP contribution in [0.15, 0.2) is 22.5 Å². The van der Waals surface area contributed by atoms with Crippen molar-refractivity contribution in [1.82, 2.24) is 15.5 Å². The van der Waals surface area contributed by atoms with Gasteiger partial charge in [0.2, 0.25) is 0 Å². The van der Waals surface area contributed by atoms with Crippen LogP contribution in [0, 0.1) is 5.92 Å². The summed E-state index contributed by atoms with van der Waals surface area (Å²) in [6.45, 7) is 11.7. The van der Waals surface area contributed by atoms with Gasteiger partial charge in [0.05, 0.1) is 6.54 Å². The summed E-state index contributed by atoms with van der Waals surface area (Å²) < 4.78 is 0. The first kappa shape index (κ1) is 19.2. The molecule has 6 heteroatoms. The van der Waals surface area contributed by atoms with Crippen molar-refractivity contribution in [3.63, 3.8) is 0 Å². The van der Waals surface area contributed by atoms with E-state index in [1.54, 1.807) is 11.3 Å². The van der Waals surface area contributed by atoms with Gasteiger partial charge in [0, 0.05) is 24.5 Å². The Balaban J connectivity index is 1.80. The Kier molecular flexibility index (Phi) is 7.52. The quantitative estimate of drug-likeness (QED) is 0.520. The number of piperidine rings is 1. The second-order valence-electron chi connectivity index (χ2n) is 6.90. The Hall–Kier alpha value is -1.11. The van der Waals surface area contributed by atoms with Crippen LogP contribution in [-0.4, -0.2) is 55.2 Å². The first-order valence-corrected chi connectivity index (χ1v) is 9.90. The molecule has 5 nitrogen and oxygen atoms in total. The molecule has 0 aliphatic carbocycles. The van der Waals surface area contributed by atoms with Gasteiger partial charge in [-0.05, 0) is 57.1 Å². The molecule has 1 aliphatic rings. The molecule has 1 saturated heterocycles. The zero-order valence-electron chi connectivity index (χ0n) is 15.2. The van der Waals surface area contributed by atoms with E-state index >= 15 is 0 Å². The Morgan fingerprint density at radius 2 is 2.17 bits per heavy atom. The van der Waals surface area contributed by atoms with E-state index in [0.717, 1.165) is 36.4 Å². The summed E-state index contributed by atoms with van der Waals surface area (Å²) in [6.07, 6.45) is 2.61. The minimum absolute atomic E-state index is 0.351. The van der Waals surface area contributed by atoms with Crippen molar-refractivity contribution in [2.75, 3.05) is 39.3 Å². The van der Waals surface area contributed by atoms with Crippen LogP contribution >= 0.6 is 11.3 Å². The Bertz CT molecular complexity index is 493. The average Bonchev–Trinajstić information content (AvgIpc) is 3.10. The van der Waals surface area contributed by atoms with E-state index in [1.165, 1.54) is 25.9 Å². The molecule has 1 unspecified atom stereocenters. The van der Waals surface area contributed by atoms with Gasteiger partial charge >= 0.3 is 0 Å². The van der Waals surface area contributed by atoms with Crippen LogP contribution in [0.2, 0.25) is 0 Å². The van der Waals surface area contributed by atoms with Gasteiger partial charge in [0.25, 0.3) is 0 Å². The van der Waals surface area contributed by atoms with E-state index in [0.29, 0.717) is 6.54 Å². The summed E-state index contributed by atoms with van der Waals surface area (Å²) in [7, 11) is 0. The van der Waals surface area contributed by atoms with E-state index in [1.807, 2.05) is 24.4 Å². The molecule has 1 fully saturated rings. The summed E-state index contributed by atoms with van der Waals surface area (Å²) >= 11 is 1.56. The van der Waals surface area contributed by atoms with E-state index in [9.17, 15) is 5.11 Å². The summed E-state index contributed by atoms with van der Waals surface area (Å²) in [4.78, 5) is 8.03. The van der Waals surface area contributed by atoms with Gasteiger partial charge in [0.1, 0.15) is 5.60 Å². The van der Waals surface area contributed by atoms with Crippen LogP contribution in [0.5, 0.6) is 0 Å². The van der Waals surface area contributed by atoms with E-state index in [2.05, 4.69) is 34.4 Å². The van der Waals surface area contributed by atoms with Crippen LogP contribution in [-0.2, 0) is 5.60 Å². The molecular formula is C18H32N4OS. The maximum Gasteiger partial charge on any atom is 0.191 e. The molecule has 0 aromatic carbocycles. The number of hydrogen-bond donors (Lipinski definition) is 3. The van der Waals surface area contributed by atoms with Crippen LogP contribution in [0.3, 0.4) is 0 Å². The summed E-state index contributed by atoms with van der Waals surface area (Å²) in [5, 5.41) is 19.2. The van der Waals surface area contributed by atoms with Gasteiger partial charge in [-0.15, -0.1) is 11.3 Å². The number of rotatable bonds is 7. The molecule has 2 heterocycles. The molecule has 24 heavy (non-hydrogen) atoms. The fraction of sp³-hybridized carbons (Fsp3) is 0.722. The normalized spacial score (nSPS) is 19.9. The molecule has 136 valence electrons. The van der Waals surface area contributed by atoms with Gasteiger partial charge in [-0.1, -0.05) is 13.0 Å². The number of guanidine groups is 1. The summed E-state index contributed by atoms with van der Waals surface area (Å²) in [5.41, 5.74) is -0.917. The van der Waals surface area contributed by atoms with Crippen molar-refractivity contribution in [3.05, 3.63) is 22.4 Å². The lowest BCUT2D eigenvalue weighted by atomic mass is 9.99. The Morgan fingerprint density at radius 3 is 2.79 bits per heavy atom. The van der Waals surface area contributed by atoms with Crippen molar-refractivity contribution in [3.8, 4) is 0 Å². The van der Waals surface area contributed by atoms with Crippen molar-refractivity contribution >= 4 is 17.3 Å². The SMILES string of the molecule is CCNC(=NCC(C)(O)c1cccs1)NCCN1CCC(C)CC1. The zero-order chi connectivity index (χ0) is 17.4. The van der Waals surface area contributed by atoms with Gasteiger partial charge in [0.15, 0.2) is 5.96 Å². The van der Waals surface area contributed by atoms with Gasteiger partial charge in [-0.25, -0.2) is 4.99 Å². The molecule has 1 atom stereocenters. The molecule has 0 saturated carbocycles. The molecule has 0 amide bonds. The highest BCUT2D eigenvalue weighted by Gasteiger charge is 2.24.